The molecule has 0 saturated carbocycles. The fourth-order valence-electron chi connectivity index (χ4n) is 2.60. The Balaban J connectivity index is 4.70. The molecule has 2 heteroatoms. The minimum atomic E-state index is 0.529. The maximum absolute atomic E-state index is 2.64. The average Bonchev–Trinajstić information content (AvgIpc) is 2.10. The lowest BCUT2D eigenvalue weighted by Gasteiger charge is -2.43. The topological polar surface area (TPSA) is 3.24 Å². The largest absolute Gasteiger partial charge is 0.300 e. The maximum Gasteiger partial charge on any atom is 0.0139 e. The van der Waals surface area contributed by atoms with Crippen LogP contribution < -0.4 is 0 Å². The number of hydrogen-bond acceptors (Lipinski definition) is 1. The highest BCUT2D eigenvalue weighted by molar-refractivity contribution is 6.15. The third kappa shape index (κ3) is 3.74. The van der Waals surface area contributed by atoms with Gasteiger partial charge in [0.25, 0.3) is 0 Å². The fraction of sp³-hybridized carbons (Fsp3) is 1.00. The molecule has 0 heterocycles. The van der Waals surface area contributed by atoms with Crippen LogP contribution in [0.2, 0.25) is 5.04 Å². The Bertz CT molecular complexity index is 147. The standard InChI is InChI=1S/C12H29NSi/c1-7-10(4)11(12(5,6)14)13(8-2)9-3/h10-11H,7-9H2,1-6,14H3. The maximum atomic E-state index is 2.64. The van der Waals surface area contributed by atoms with Crippen molar-refractivity contribution >= 4 is 10.2 Å². The molecule has 0 aromatic heterocycles. The van der Waals surface area contributed by atoms with Crippen molar-refractivity contribution in [3.8, 4) is 0 Å². The first-order valence-electron chi connectivity index (χ1n) is 6.12. The summed E-state index contributed by atoms with van der Waals surface area (Å²) in [6, 6.07) is 0.772. The van der Waals surface area contributed by atoms with E-state index >= 15 is 0 Å². The molecule has 0 bridgehead atoms. The van der Waals surface area contributed by atoms with E-state index in [9.17, 15) is 0 Å². The summed E-state index contributed by atoms with van der Waals surface area (Å²) in [5, 5.41) is 0.529. The van der Waals surface area contributed by atoms with Crippen molar-refractivity contribution in [1.29, 1.82) is 0 Å². The molecule has 0 saturated heterocycles. The van der Waals surface area contributed by atoms with Crippen molar-refractivity contribution in [2.45, 2.75) is 59.0 Å². The molecule has 1 nitrogen and oxygen atoms in total. The zero-order valence-electron chi connectivity index (χ0n) is 11.2. The van der Waals surface area contributed by atoms with Gasteiger partial charge in [-0.2, -0.15) is 0 Å². The average molecular weight is 215 g/mol. The first-order valence-corrected chi connectivity index (χ1v) is 7.12. The van der Waals surface area contributed by atoms with Gasteiger partial charge in [0.05, 0.1) is 0 Å². The van der Waals surface area contributed by atoms with Crippen LogP contribution in [-0.4, -0.2) is 34.3 Å². The molecule has 2 unspecified atom stereocenters. The Labute approximate surface area is 93.7 Å². The SMILES string of the molecule is CCC(C)C(N(CC)CC)C(C)(C)[SiH3]. The highest BCUT2D eigenvalue weighted by Gasteiger charge is 2.32. The summed E-state index contributed by atoms with van der Waals surface area (Å²) < 4.78 is 0. The predicted octanol–water partition coefficient (Wildman–Crippen LogP) is 2.31. The van der Waals surface area contributed by atoms with E-state index in [0.717, 1.165) is 12.0 Å². The monoisotopic (exact) mass is 215 g/mol. The van der Waals surface area contributed by atoms with Crippen LogP contribution in [-0.2, 0) is 0 Å². The van der Waals surface area contributed by atoms with Gasteiger partial charge in [-0.3, -0.25) is 0 Å². The summed E-state index contributed by atoms with van der Waals surface area (Å²) in [4.78, 5) is 2.64. The first-order chi connectivity index (χ1) is 6.38. The molecular weight excluding hydrogens is 186 g/mol. The van der Waals surface area contributed by atoms with Crippen LogP contribution in [0.3, 0.4) is 0 Å². The van der Waals surface area contributed by atoms with Gasteiger partial charge in [0.2, 0.25) is 0 Å². The highest BCUT2D eigenvalue weighted by atomic mass is 28.1. The van der Waals surface area contributed by atoms with Crippen LogP contribution in [0.25, 0.3) is 0 Å². The lowest BCUT2D eigenvalue weighted by molar-refractivity contribution is 0.126. The molecule has 0 fully saturated rings. The summed E-state index contributed by atoms with van der Waals surface area (Å²) in [5.74, 6) is 0.822. The van der Waals surface area contributed by atoms with Crippen LogP contribution in [0.15, 0.2) is 0 Å². The van der Waals surface area contributed by atoms with E-state index in [2.05, 4.69) is 46.4 Å². The Morgan fingerprint density at radius 2 is 1.57 bits per heavy atom. The Morgan fingerprint density at radius 1 is 1.14 bits per heavy atom. The normalized spacial score (nSPS) is 17.4. The van der Waals surface area contributed by atoms with Crippen molar-refractivity contribution in [2.24, 2.45) is 5.92 Å². The lowest BCUT2D eigenvalue weighted by Crippen LogP contribution is -2.46. The molecule has 0 radical (unpaired) electrons. The second-order valence-corrected chi connectivity index (χ2v) is 7.99. The van der Waals surface area contributed by atoms with Crippen molar-refractivity contribution in [3.05, 3.63) is 0 Å². The number of nitrogens with zero attached hydrogens (tertiary/aromatic N) is 1. The van der Waals surface area contributed by atoms with Crippen LogP contribution in [0.5, 0.6) is 0 Å². The zero-order chi connectivity index (χ0) is 11.4. The molecule has 0 spiro atoms. The molecule has 0 N–H and O–H groups in total. The predicted molar refractivity (Wildman–Crippen MR) is 70.1 cm³/mol. The van der Waals surface area contributed by atoms with E-state index in [4.69, 9.17) is 0 Å². The van der Waals surface area contributed by atoms with Gasteiger partial charge in [0, 0.05) is 16.3 Å². The summed E-state index contributed by atoms with van der Waals surface area (Å²) in [7, 11) is 1.28. The molecule has 2 atom stereocenters. The summed E-state index contributed by atoms with van der Waals surface area (Å²) in [6.07, 6.45) is 1.30. The third-order valence-electron chi connectivity index (χ3n) is 3.28. The summed E-state index contributed by atoms with van der Waals surface area (Å²) in [6.45, 7) is 16.5. The van der Waals surface area contributed by atoms with E-state index < -0.39 is 0 Å². The van der Waals surface area contributed by atoms with Gasteiger partial charge in [0.1, 0.15) is 0 Å². The fourth-order valence-corrected chi connectivity index (χ4v) is 3.54. The Morgan fingerprint density at radius 3 is 1.79 bits per heavy atom. The van der Waals surface area contributed by atoms with E-state index in [1.807, 2.05) is 0 Å². The van der Waals surface area contributed by atoms with Gasteiger partial charge >= 0.3 is 0 Å². The van der Waals surface area contributed by atoms with Crippen molar-refractivity contribution in [3.63, 3.8) is 0 Å². The van der Waals surface area contributed by atoms with Crippen LogP contribution >= 0.6 is 0 Å². The smallest absolute Gasteiger partial charge is 0.0139 e. The van der Waals surface area contributed by atoms with Crippen molar-refractivity contribution in [2.75, 3.05) is 13.1 Å². The number of rotatable bonds is 6. The van der Waals surface area contributed by atoms with E-state index in [0.29, 0.717) is 5.04 Å². The molecular formula is C12H29NSi. The van der Waals surface area contributed by atoms with E-state index in [-0.39, 0.29) is 0 Å². The molecule has 0 aliphatic carbocycles. The highest BCUT2D eigenvalue weighted by Crippen LogP contribution is 2.34. The molecule has 14 heavy (non-hydrogen) atoms. The quantitative estimate of drug-likeness (QED) is 0.615. The molecule has 0 aliphatic rings. The molecule has 0 aromatic carbocycles. The lowest BCUT2D eigenvalue weighted by atomic mass is 9.87. The van der Waals surface area contributed by atoms with Crippen LogP contribution in [0.1, 0.15) is 48.0 Å². The molecule has 0 aromatic rings. The van der Waals surface area contributed by atoms with Crippen LogP contribution in [0.4, 0.5) is 0 Å². The van der Waals surface area contributed by atoms with Gasteiger partial charge < -0.3 is 4.90 Å². The molecule has 0 rings (SSSR count). The second kappa shape index (κ2) is 5.91. The van der Waals surface area contributed by atoms with Gasteiger partial charge in [-0.1, -0.05) is 48.0 Å². The van der Waals surface area contributed by atoms with E-state index in [1.165, 1.54) is 29.8 Å². The third-order valence-corrected chi connectivity index (χ3v) is 3.87. The molecule has 86 valence electrons. The zero-order valence-corrected chi connectivity index (χ0v) is 13.2. The second-order valence-electron chi connectivity index (χ2n) is 5.42. The molecule has 0 aliphatic heterocycles. The van der Waals surface area contributed by atoms with Crippen molar-refractivity contribution < 1.29 is 0 Å². The van der Waals surface area contributed by atoms with Crippen LogP contribution in [0, 0.1) is 5.92 Å². The molecule has 0 amide bonds. The van der Waals surface area contributed by atoms with Gasteiger partial charge in [0.15, 0.2) is 0 Å². The van der Waals surface area contributed by atoms with Crippen molar-refractivity contribution in [1.82, 2.24) is 4.90 Å². The van der Waals surface area contributed by atoms with E-state index in [1.54, 1.807) is 0 Å². The Kier molecular flexibility index (Phi) is 5.99. The summed E-state index contributed by atoms with van der Waals surface area (Å²) in [5.41, 5.74) is 0. The van der Waals surface area contributed by atoms with Gasteiger partial charge in [-0.25, -0.2) is 0 Å². The summed E-state index contributed by atoms with van der Waals surface area (Å²) >= 11 is 0. The van der Waals surface area contributed by atoms with Gasteiger partial charge in [-0.15, -0.1) is 0 Å². The minimum Gasteiger partial charge on any atom is -0.300 e. The van der Waals surface area contributed by atoms with Gasteiger partial charge in [-0.05, 0) is 24.0 Å². The number of hydrogen-bond donors (Lipinski definition) is 0. The minimum absolute atomic E-state index is 0.529. The Hall–Kier alpha value is 0.177. The first kappa shape index (κ1) is 14.2.